The minimum absolute atomic E-state index is 0.255. The summed E-state index contributed by atoms with van der Waals surface area (Å²) in [4.78, 5) is 22.3. The van der Waals surface area contributed by atoms with Crippen LogP contribution < -0.4 is 5.32 Å². The highest BCUT2D eigenvalue weighted by Gasteiger charge is 2.24. The molecule has 0 aliphatic rings. The summed E-state index contributed by atoms with van der Waals surface area (Å²) < 4.78 is 0. The fourth-order valence-corrected chi connectivity index (χ4v) is 1.30. The molecule has 0 saturated carbocycles. The summed E-state index contributed by atoms with van der Waals surface area (Å²) >= 11 is 0. The number of carbonyl (C=O) groups excluding carboxylic acids is 1. The second kappa shape index (κ2) is 7.84. The van der Waals surface area contributed by atoms with Crippen LogP contribution in [0.2, 0.25) is 0 Å². The van der Waals surface area contributed by atoms with Crippen molar-refractivity contribution in [1.82, 2.24) is 5.32 Å². The molecule has 0 rings (SSSR count). The Hall–Kier alpha value is -1.39. The first-order valence-electron chi connectivity index (χ1n) is 5.55. The van der Waals surface area contributed by atoms with E-state index >= 15 is 0 Å². The quantitative estimate of drug-likeness (QED) is 0.433. The maximum atomic E-state index is 11.4. The molecule has 2 atom stereocenters. The van der Waals surface area contributed by atoms with Crippen molar-refractivity contribution >= 4 is 18.1 Å². The van der Waals surface area contributed by atoms with Crippen LogP contribution in [0.4, 0.5) is 0 Å². The van der Waals surface area contributed by atoms with Crippen LogP contribution in [-0.2, 0) is 9.59 Å². The molecular formula is C11H20N2O3. The van der Waals surface area contributed by atoms with Crippen LogP contribution in [0.1, 0.15) is 39.5 Å². The van der Waals surface area contributed by atoms with Crippen molar-refractivity contribution < 1.29 is 14.7 Å². The van der Waals surface area contributed by atoms with Gasteiger partial charge in [0.15, 0.2) is 0 Å². The van der Waals surface area contributed by atoms with Gasteiger partial charge in [-0.15, -0.1) is 0 Å². The predicted molar refractivity (Wildman–Crippen MR) is 61.7 cm³/mol. The van der Waals surface area contributed by atoms with E-state index in [9.17, 15) is 9.59 Å². The van der Waals surface area contributed by atoms with Crippen LogP contribution in [-0.4, -0.2) is 29.2 Å². The van der Waals surface area contributed by atoms with Crippen LogP contribution in [0.15, 0.2) is 0 Å². The molecule has 1 amide bonds. The van der Waals surface area contributed by atoms with E-state index in [0.29, 0.717) is 6.42 Å². The molecule has 3 N–H and O–H groups in total. The molecule has 0 spiro atoms. The van der Waals surface area contributed by atoms with Crippen LogP contribution in [0, 0.1) is 11.3 Å². The molecule has 0 aromatic carbocycles. The van der Waals surface area contributed by atoms with Crippen molar-refractivity contribution in [2.45, 2.75) is 45.6 Å². The number of carboxylic acids is 1. The lowest BCUT2D eigenvalue weighted by atomic mass is 10.0. The standard InChI is InChI=1S/C11H20N2O3/c1-3-4-5-6-9(14)13-10(11(15)16)8(2)7-12/h7-8,10,12H,3-6H2,1-2H3,(H,13,14)(H,15,16). The van der Waals surface area contributed by atoms with Gasteiger partial charge in [-0.2, -0.15) is 0 Å². The van der Waals surface area contributed by atoms with Gasteiger partial charge in [0.2, 0.25) is 5.91 Å². The first kappa shape index (κ1) is 14.6. The number of hydrogen-bond acceptors (Lipinski definition) is 3. The smallest absolute Gasteiger partial charge is 0.326 e. The molecule has 0 aromatic rings. The van der Waals surface area contributed by atoms with Gasteiger partial charge in [-0.25, -0.2) is 4.79 Å². The summed E-state index contributed by atoms with van der Waals surface area (Å²) in [5, 5.41) is 18.3. The van der Waals surface area contributed by atoms with Gasteiger partial charge in [0.05, 0.1) is 0 Å². The summed E-state index contributed by atoms with van der Waals surface area (Å²) in [5.41, 5.74) is 0. The maximum absolute atomic E-state index is 11.4. The molecular weight excluding hydrogens is 208 g/mol. The minimum atomic E-state index is -1.10. The molecule has 92 valence electrons. The normalized spacial score (nSPS) is 13.9. The monoisotopic (exact) mass is 228 g/mol. The Morgan fingerprint density at radius 1 is 1.44 bits per heavy atom. The summed E-state index contributed by atoms with van der Waals surface area (Å²) in [6.07, 6.45) is 4.14. The van der Waals surface area contributed by atoms with E-state index in [1.807, 2.05) is 6.92 Å². The van der Waals surface area contributed by atoms with Crippen molar-refractivity contribution in [2.24, 2.45) is 5.92 Å². The van der Waals surface area contributed by atoms with Crippen molar-refractivity contribution in [3.63, 3.8) is 0 Å². The predicted octanol–water partition coefficient (Wildman–Crippen LogP) is 1.42. The number of carbonyl (C=O) groups is 2. The summed E-state index contributed by atoms with van der Waals surface area (Å²) in [5.74, 6) is -1.85. The third-order valence-electron chi connectivity index (χ3n) is 2.38. The highest BCUT2D eigenvalue weighted by Crippen LogP contribution is 2.03. The average molecular weight is 228 g/mol. The third-order valence-corrected chi connectivity index (χ3v) is 2.38. The fourth-order valence-electron chi connectivity index (χ4n) is 1.30. The van der Waals surface area contributed by atoms with Gasteiger partial charge in [0.25, 0.3) is 0 Å². The Balaban J connectivity index is 4.14. The molecule has 2 unspecified atom stereocenters. The molecule has 0 bridgehead atoms. The third kappa shape index (κ3) is 5.48. The molecule has 0 saturated heterocycles. The van der Waals surface area contributed by atoms with Gasteiger partial charge in [-0.1, -0.05) is 26.7 Å². The summed E-state index contributed by atoms with van der Waals surface area (Å²) in [6, 6.07) is -0.994. The summed E-state index contributed by atoms with van der Waals surface area (Å²) in [6.45, 7) is 3.63. The second-order valence-corrected chi connectivity index (χ2v) is 3.87. The Bertz CT molecular complexity index is 254. The molecule has 0 aromatic heterocycles. The summed E-state index contributed by atoms with van der Waals surface area (Å²) in [7, 11) is 0. The van der Waals surface area contributed by atoms with Gasteiger partial charge < -0.3 is 15.8 Å². The van der Waals surface area contributed by atoms with Crippen molar-refractivity contribution in [1.29, 1.82) is 5.41 Å². The van der Waals surface area contributed by atoms with E-state index in [0.717, 1.165) is 25.5 Å². The zero-order valence-electron chi connectivity index (χ0n) is 9.82. The number of hydrogen-bond donors (Lipinski definition) is 3. The SMILES string of the molecule is CCCCCC(=O)NC(C(=O)O)C(C)C=N. The van der Waals surface area contributed by atoms with Crippen molar-refractivity contribution in [3.05, 3.63) is 0 Å². The topological polar surface area (TPSA) is 90.2 Å². The molecule has 0 aliphatic heterocycles. The van der Waals surface area contributed by atoms with E-state index in [-0.39, 0.29) is 5.91 Å². The van der Waals surface area contributed by atoms with Crippen LogP contribution in [0.25, 0.3) is 0 Å². The second-order valence-electron chi connectivity index (χ2n) is 3.87. The van der Waals surface area contributed by atoms with Crippen LogP contribution in [0.3, 0.4) is 0 Å². The minimum Gasteiger partial charge on any atom is -0.480 e. The van der Waals surface area contributed by atoms with E-state index in [1.54, 1.807) is 6.92 Å². The lowest BCUT2D eigenvalue weighted by Gasteiger charge is -2.17. The van der Waals surface area contributed by atoms with Gasteiger partial charge in [-0.05, 0) is 6.42 Å². The zero-order valence-corrected chi connectivity index (χ0v) is 9.82. The number of carboxylic acid groups (broad SMARTS) is 1. The Kier molecular flexibility index (Phi) is 7.16. The molecule has 5 heteroatoms. The van der Waals surface area contributed by atoms with E-state index in [1.165, 1.54) is 0 Å². The first-order valence-corrected chi connectivity index (χ1v) is 5.55. The number of aliphatic carboxylic acids is 1. The lowest BCUT2D eigenvalue weighted by molar-refractivity contribution is -0.142. The van der Waals surface area contributed by atoms with E-state index in [4.69, 9.17) is 10.5 Å². The van der Waals surface area contributed by atoms with Crippen molar-refractivity contribution in [3.8, 4) is 0 Å². The fraction of sp³-hybridized carbons (Fsp3) is 0.727. The molecule has 0 aliphatic carbocycles. The molecule has 0 radical (unpaired) electrons. The number of rotatable bonds is 8. The zero-order chi connectivity index (χ0) is 12.6. The highest BCUT2D eigenvalue weighted by molar-refractivity contribution is 5.86. The first-order chi connectivity index (χ1) is 7.52. The Labute approximate surface area is 95.7 Å². The average Bonchev–Trinajstić information content (AvgIpc) is 2.25. The van der Waals surface area contributed by atoms with E-state index < -0.39 is 17.9 Å². The van der Waals surface area contributed by atoms with Crippen LogP contribution >= 0.6 is 0 Å². The van der Waals surface area contributed by atoms with Gasteiger partial charge >= 0.3 is 5.97 Å². The van der Waals surface area contributed by atoms with E-state index in [2.05, 4.69) is 5.32 Å². The van der Waals surface area contributed by atoms with Crippen molar-refractivity contribution in [2.75, 3.05) is 0 Å². The van der Waals surface area contributed by atoms with Crippen LogP contribution in [0.5, 0.6) is 0 Å². The number of amides is 1. The molecule has 16 heavy (non-hydrogen) atoms. The van der Waals surface area contributed by atoms with Gasteiger partial charge in [0.1, 0.15) is 6.04 Å². The Morgan fingerprint density at radius 3 is 2.50 bits per heavy atom. The highest BCUT2D eigenvalue weighted by atomic mass is 16.4. The van der Waals surface area contributed by atoms with Gasteiger partial charge in [-0.3, -0.25) is 4.79 Å². The lowest BCUT2D eigenvalue weighted by Crippen LogP contribution is -2.45. The Morgan fingerprint density at radius 2 is 2.06 bits per heavy atom. The maximum Gasteiger partial charge on any atom is 0.326 e. The molecule has 0 heterocycles. The molecule has 0 fully saturated rings. The largest absolute Gasteiger partial charge is 0.480 e. The van der Waals surface area contributed by atoms with Gasteiger partial charge in [0, 0.05) is 18.6 Å². The molecule has 5 nitrogen and oxygen atoms in total. The number of nitrogens with one attached hydrogen (secondary N) is 2. The number of unbranched alkanes of at least 4 members (excludes halogenated alkanes) is 2.